The van der Waals surface area contributed by atoms with E-state index in [0.29, 0.717) is 19.4 Å². The molecular formula is C19H38N4O3. The molecule has 0 saturated carbocycles. The standard InChI is InChI=1S/C19H38N4O3/c1-7-11-19(5,8-2)16(24)14(10-9-12-22-18(20)26)23-17(25)15(21-6)13(3)4/h13-15,21H,7-12H2,1-6H3,(H,23,25)(H3,20,22,26). The quantitative estimate of drug-likeness (QED) is 0.371. The van der Waals surface area contributed by atoms with Crippen molar-refractivity contribution < 1.29 is 14.4 Å². The zero-order valence-electron chi connectivity index (χ0n) is 17.3. The molecule has 0 rings (SSSR count). The highest BCUT2D eigenvalue weighted by Gasteiger charge is 2.37. The Bertz CT molecular complexity index is 468. The van der Waals surface area contributed by atoms with E-state index in [9.17, 15) is 14.4 Å². The molecule has 5 N–H and O–H groups in total. The molecule has 26 heavy (non-hydrogen) atoms. The molecule has 7 nitrogen and oxygen atoms in total. The van der Waals surface area contributed by atoms with Gasteiger partial charge < -0.3 is 21.7 Å². The van der Waals surface area contributed by atoms with Crippen molar-refractivity contribution >= 4 is 17.7 Å². The summed E-state index contributed by atoms with van der Waals surface area (Å²) >= 11 is 0. The van der Waals surface area contributed by atoms with Crippen LogP contribution in [0.5, 0.6) is 0 Å². The van der Waals surface area contributed by atoms with Crippen LogP contribution in [0.4, 0.5) is 4.79 Å². The average molecular weight is 371 g/mol. The lowest BCUT2D eigenvalue weighted by atomic mass is 9.75. The summed E-state index contributed by atoms with van der Waals surface area (Å²) in [6.45, 7) is 10.3. The van der Waals surface area contributed by atoms with E-state index >= 15 is 0 Å². The summed E-state index contributed by atoms with van der Waals surface area (Å²) in [5, 5.41) is 8.48. The van der Waals surface area contributed by atoms with Crippen molar-refractivity contribution in [1.29, 1.82) is 0 Å². The van der Waals surface area contributed by atoms with Gasteiger partial charge in [0.05, 0.1) is 12.1 Å². The van der Waals surface area contributed by atoms with Crippen molar-refractivity contribution in [3.05, 3.63) is 0 Å². The molecule has 152 valence electrons. The summed E-state index contributed by atoms with van der Waals surface area (Å²) in [4.78, 5) is 36.6. The Morgan fingerprint density at radius 1 is 1.15 bits per heavy atom. The lowest BCUT2D eigenvalue weighted by molar-refractivity contribution is -0.135. The van der Waals surface area contributed by atoms with Gasteiger partial charge in [-0.1, -0.05) is 41.0 Å². The molecule has 0 spiro atoms. The van der Waals surface area contributed by atoms with Crippen LogP contribution in [0.2, 0.25) is 0 Å². The summed E-state index contributed by atoms with van der Waals surface area (Å²) in [6, 6.07) is -1.51. The van der Waals surface area contributed by atoms with E-state index in [1.54, 1.807) is 7.05 Å². The van der Waals surface area contributed by atoms with E-state index in [-0.39, 0.29) is 23.7 Å². The molecule has 0 bridgehead atoms. The largest absolute Gasteiger partial charge is 0.352 e. The molecule has 0 aliphatic heterocycles. The van der Waals surface area contributed by atoms with Crippen LogP contribution >= 0.6 is 0 Å². The number of urea groups is 1. The number of likely N-dealkylation sites (N-methyl/N-ethyl adjacent to an activating group) is 1. The van der Waals surface area contributed by atoms with E-state index in [2.05, 4.69) is 22.9 Å². The van der Waals surface area contributed by atoms with Crippen molar-refractivity contribution in [1.82, 2.24) is 16.0 Å². The number of nitrogens with two attached hydrogens (primary N) is 1. The molecule has 0 saturated heterocycles. The van der Waals surface area contributed by atoms with Crippen LogP contribution in [0.25, 0.3) is 0 Å². The van der Waals surface area contributed by atoms with Gasteiger partial charge >= 0.3 is 6.03 Å². The molecule has 3 unspecified atom stereocenters. The van der Waals surface area contributed by atoms with Gasteiger partial charge in [-0.2, -0.15) is 0 Å². The van der Waals surface area contributed by atoms with E-state index in [4.69, 9.17) is 5.73 Å². The van der Waals surface area contributed by atoms with Crippen molar-refractivity contribution in [3.8, 4) is 0 Å². The van der Waals surface area contributed by atoms with Gasteiger partial charge in [-0.3, -0.25) is 9.59 Å². The molecule has 0 aliphatic carbocycles. The second-order valence-corrected chi connectivity index (χ2v) is 7.53. The number of Topliss-reactive ketones (excluding diaryl/α,β-unsaturated/α-hetero) is 1. The molecule has 7 heteroatoms. The molecule has 3 amide bonds. The molecule has 0 radical (unpaired) electrons. The van der Waals surface area contributed by atoms with Crippen LogP contribution in [-0.4, -0.2) is 43.4 Å². The molecule has 0 fully saturated rings. The zero-order chi connectivity index (χ0) is 20.3. The third-order valence-corrected chi connectivity index (χ3v) is 5.04. The Morgan fingerprint density at radius 2 is 1.77 bits per heavy atom. The molecule has 0 aromatic rings. The van der Waals surface area contributed by atoms with E-state index in [1.165, 1.54) is 0 Å². The maximum Gasteiger partial charge on any atom is 0.312 e. The molecule has 0 heterocycles. The Hall–Kier alpha value is -1.63. The van der Waals surface area contributed by atoms with Gasteiger partial charge in [0.15, 0.2) is 5.78 Å². The van der Waals surface area contributed by atoms with Gasteiger partial charge in [0.2, 0.25) is 5.91 Å². The number of rotatable bonds is 13. The second kappa shape index (κ2) is 11.9. The van der Waals surface area contributed by atoms with Gasteiger partial charge in [-0.05, 0) is 38.6 Å². The van der Waals surface area contributed by atoms with Gasteiger partial charge in [0, 0.05) is 12.0 Å². The SMILES string of the molecule is CCCC(C)(CC)C(=O)C(CCCNC(N)=O)NC(=O)C(NC)C(C)C. The van der Waals surface area contributed by atoms with Crippen LogP contribution in [0.1, 0.15) is 66.7 Å². The average Bonchev–Trinajstić information content (AvgIpc) is 2.57. The number of carbonyl (C=O) groups excluding carboxylic acids is 3. The summed E-state index contributed by atoms with van der Waals surface area (Å²) in [5.41, 5.74) is 4.61. The minimum atomic E-state index is -0.587. The van der Waals surface area contributed by atoms with E-state index in [1.807, 2.05) is 27.7 Å². The number of ketones is 1. The number of hydrogen-bond donors (Lipinski definition) is 4. The number of primary amides is 1. The van der Waals surface area contributed by atoms with Crippen molar-refractivity contribution in [2.24, 2.45) is 17.1 Å². The van der Waals surface area contributed by atoms with Crippen molar-refractivity contribution in [3.63, 3.8) is 0 Å². The molecule has 0 aliphatic rings. The van der Waals surface area contributed by atoms with E-state index in [0.717, 1.165) is 19.3 Å². The normalized spacial score (nSPS) is 15.8. The second-order valence-electron chi connectivity index (χ2n) is 7.53. The van der Waals surface area contributed by atoms with E-state index < -0.39 is 17.5 Å². The Labute approximate surface area is 158 Å². The number of amides is 3. The van der Waals surface area contributed by atoms with Crippen LogP contribution in [-0.2, 0) is 9.59 Å². The third kappa shape index (κ3) is 7.72. The van der Waals surface area contributed by atoms with Gasteiger partial charge in [-0.25, -0.2) is 4.79 Å². The van der Waals surface area contributed by atoms with Crippen LogP contribution < -0.4 is 21.7 Å². The summed E-state index contributed by atoms with van der Waals surface area (Å²) < 4.78 is 0. The lowest BCUT2D eigenvalue weighted by Gasteiger charge is -2.32. The minimum Gasteiger partial charge on any atom is -0.352 e. The predicted molar refractivity (Wildman–Crippen MR) is 105 cm³/mol. The summed E-state index contributed by atoms with van der Waals surface area (Å²) in [7, 11) is 1.74. The number of nitrogens with one attached hydrogen (secondary N) is 3. The van der Waals surface area contributed by atoms with Gasteiger partial charge in [-0.15, -0.1) is 0 Å². The summed E-state index contributed by atoms with van der Waals surface area (Å²) in [5.74, 6) is 0.00651. The first-order valence-electron chi connectivity index (χ1n) is 9.68. The Morgan fingerprint density at radius 3 is 2.19 bits per heavy atom. The first kappa shape index (κ1) is 24.4. The van der Waals surface area contributed by atoms with Gasteiger partial charge in [0.1, 0.15) is 0 Å². The lowest BCUT2D eigenvalue weighted by Crippen LogP contribution is -2.54. The van der Waals surface area contributed by atoms with Crippen LogP contribution in [0.15, 0.2) is 0 Å². The van der Waals surface area contributed by atoms with Crippen molar-refractivity contribution in [2.75, 3.05) is 13.6 Å². The highest BCUT2D eigenvalue weighted by atomic mass is 16.2. The number of hydrogen-bond acceptors (Lipinski definition) is 4. The highest BCUT2D eigenvalue weighted by molar-refractivity contribution is 5.94. The Kier molecular flexibility index (Phi) is 11.1. The first-order valence-corrected chi connectivity index (χ1v) is 9.68. The fraction of sp³-hybridized carbons (Fsp3) is 0.842. The fourth-order valence-corrected chi connectivity index (χ4v) is 3.26. The maximum absolute atomic E-state index is 13.2. The molecular weight excluding hydrogens is 332 g/mol. The summed E-state index contributed by atoms with van der Waals surface area (Å²) in [6.07, 6.45) is 3.46. The minimum absolute atomic E-state index is 0.0629. The molecule has 3 atom stereocenters. The number of carbonyl (C=O) groups is 3. The topological polar surface area (TPSA) is 113 Å². The van der Waals surface area contributed by atoms with Crippen LogP contribution in [0, 0.1) is 11.3 Å². The van der Waals surface area contributed by atoms with Crippen molar-refractivity contribution in [2.45, 2.75) is 78.8 Å². The highest BCUT2D eigenvalue weighted by Crippen LogP contribution is 2.30. The monoisotopic (exact) mass is 370 g/mol. The smallest absolute Gasteiger partial charge is 0.312 e. The van der Waals surface area contributed by atoms with Crippen LogP contribution in [0.3, 0.4) is 0 Å². The third-order valence-electron chi connectivity index (χ3n) is 5.04. The molecule has 0 aromatic heterocycles. The fourth-order valence-electron chi connectivity index (χ4n) is 3.26. The zero-order valence-corrected chi connectivity index (χ0v) is 17.3. The Balaban J connectivity index is 5.23. The predicted octanol–water partition coefficient (Wildman–Crippen LogP) is 1.95. The first-order chi connectivity index (χ1) is 12.1. The van der Waals surface area contributed by atoms with Gasteiger partial charge in [0.25, 0.3) is 0 Å². The molecule has 0 aromatic carbocycles. The maximum atomic E-state index is 13.2.